The molecule has 0 N–H and O–H groups in total. The summed E-state index contributed by atoms with van der Waals surface area (Å²) in [7, 11) is 0. The van der Waals surface area contributed by atoms with Gasteiger partial charge in [-0.25, -0.2) is 0 Å². The Bertz CT molecular complexity index is 1100. The molecule has 38 heavy (non-hydrogen) atoms. The lowest BCUT2D eigenvalue weighted by Crippen LogP contribution is -2.63. The Morgan fingerprint density at radius 2 is 1.32 bits per heavy atom. The van der Waals surface area contributed by atoms with Crippen LogP contribution in [0, 0.1) is 0 Å². The quantitative estimate of drug-likeness (QED) is 0.188. The van der Waals surface area contributed by atoms with E-state index in [0.717, 1.165) is 81.1 Å². The summed E-state index contributed by atoms with van der Waals surface area (Å²) in [6.07, 6.45) is 12.7. The second-order valence-electron chi connectivity index (χ2n) is 11.2. The molecule has 3 unspecified atom stereocenters. The number of rotatable bonds is 9. The Morgan fingerprint density at radius 1 is 0.763 bits per heavy atom. The summed E-state index contributed by atoms with van der Waals surface area (Å²) in [5.41, 5.74) is 1.53. The lowest BCUT2D eigenvalue weighted by molar-refractivity contribution is 0.161. The summed E-state index contributed by atoms with van der Waals surface area (Å²) in [6.45, 7) is 0. The molecule has 0 bridgehead atoms. The number of halogens is 4. The fourth-order valence-corrected chi connectivity index (χ4v) is 10.8. The minimum Gasteiger partial charge on any atom is -0.179 e. The summed E-state index contributed by atoms with van der Waals surface area (Å²) in [6, 6.07) is 11.9. The molecule has 0 radical (unpaired) electrons. The molecule has 2 fully saturated rings. The van der Waals surface area contributed by atoms with E-state index in [-0.39, 0.29) is 20.7 Å². The highest BCUT2D eigenvalue weighted by Gasteiger charge is 2.63. The van der Waals surface area contributed by atoms with E-state index in [0.29, 0.717) is 20.1 Å². The van der Waals surface area contributed by atoms with Crippen LogP contribution in [0.1, 0.15) is 94.1 Å². The van der Waals surface area contributed by atoms with Gasteiger partial charge in [0.2, 0.25) is 0 Å². The first-order valence-electron chi connectivity index (χ1n) is 13.7. The largest absolute Gasteiger partial charge is 0.179 e. The third-order valence-electron chi connectivity index (χ3n) is 9.03. The summed E-state index contributed by atoms with van der Waals surface area (Å²) in [5.74, 6) is 0.747. The van der Waals surface area contributed by atoms with Crippen LogP contribution in [0.3, 0.4) is 0 Å². The molecule has 2 aromatic carbocycles. The van der Waals surface area contributed by atoms with Gasteiger partial charge in [-0.1, -0.05) is 97.1 Å². The number of hydrogen-bond acceptors (Lipinski definition) is 4. The first kappa shape index (κ1) is 31.9. The fraction of sp³-hybridized carbons (Fsp3) is 0.600. The van der Waals surface area contributed by atoms with Crippen molar-refractivity contribution in [3.05, 3.63) is 67.6 Å². The summed E-state index contributed by atoms with van der Waals surface area (Å²) in [5, 5.41) is 2.44. The Hall–Kier alpha value is 1.000. The van der Waals surface area contributed by atoms with Crippen LogP contribution in [0.5, 0.6) is 0 Å². The molecular weight excluding hydrogens is 630 g/mol. The van der Waals surface area contributed by atoms with Crippen LogP contribution < -0.4 is 0 Å². The van der Waals surface area contributed by atoms with E-state index in [9.17, 15) is 0 Å². The lowest BCUT2D eigenvalue weighted by atomic mass is 9.51. The van der Waals surface area contributed by atoms with Gasteiger partial charge < -0.3 is 0 Å². The monoisotopic (exact) mass is 666 g/mol. The molecule has 2 saturated carbocycles. The average Bonchev–Trinajstić information content (AvgIpc) is 2.88. The first-order valence-corrected chi connectivity index (χ1v) is 17.3. The van der Waals surface area contributed by atoms with Gasteiger partial charge in [0.25, 0.3) is 0 Å². The Morgan fingerprint density at radius 3 is 1.87 bits per heavy atom. The fourth-order valence-electron chi connectivity index (χ4n) is 7.30. The van der Waals surface area contributed by atoms with Gasteiger partial charge in [-0.3, -0.25) is 0 Å². The van der Waals surface area contributed by atoms with Gasteiger partial charge in [0.1, 0.15) is 0 Å². The number of hydrogen-bond donors (Lipinski definition) is 4. The minimum absolute atomic E-state index is 0.0258. The van der Waals surface area contributed by atoms with E-state index in [2.05, 4.69) is 24.8 Å². The summed E-state index contributed by atoms with van der Waals surface area (Å²) in [4.78, 5) is 0. The molecule has 2 aromatic rings. The second-order valence-corrected chi connectivity index (χ2v) is 15.6. The summed E-state index contributed by atoms with van der Waals surface area (Å²) < 4.78 is -0.665. The van der Waals surface area contributed by atoms with E-state index in [1.54, 1.807) is 0 Å². The van der Waals surface area contributed by atoms with Crippen molar-refractivity contribution in [2.45, 2.75) is 103 Å². The van der Waals surface area contributed by atoms with Gasteiger partial charge in [-0.2, -0.15) is 50.5 Å². The summed E-state index contributed by atoms with van der Waals surface area (Å²) >= 11 is 48.6. The van der Waals surface area contributed by atoms with E-state index in [1.807, 2.05) is 24.3 Å². The van der Waals surface area contributed by atoms with E-state index < -0.39 is 5.41 Å². The molecule has 2 aliphatic rings. The van der Waals surface area contributed by atoms with Gasteiger partial charge in [-0.05, 0) is 85.6 Å². The Balaban J connectivity index is 2.11. The van der Waals surface area contributed by atoms with Crippen LogP contribution in [0.25, 0.3) is 0 Å². The zero-order valence-corrected chi connectivity index (χ0v) is 28.2. The van der Waals surface area contributed by atoms with Crippen molar-refractivity contribution < 1.29 is 0 Å². The van der Waals surface area contributed by atoms with Gasteiger partial charge >= 0.3 is 0 Å². The molecule has 3 atom stereocenters. The Labute approximate surface area is 271 Å². The third-order valence-corrected chi connectivity index (χ3v) is 13.1. The maximum absolute atomic E-state index is 7.21. The molecule has 0 amide bonds. The average molecular weight is 669 g/mol. The zero-order chi connectivity index (χ0) is 27.6. The molecule has 210 valence electrons. The number of benzene rings is 2. The second kappa shape index (κ2) is 13.5. The molecule has 0 aromatic heterocycles. The van der Waals surface area contributed by atoms with Gasteiger partial charge in [0, 0.05) is 40.2 Å². The van der Waals surface area contributed by atoms with Crippen molar-refractivity contribution >= 4 is 96.9 Å². The molecule has 0 spiro atoms. The Kier molecular flexibility index (Phi) is 11.4. The third kappa shape index (κ3) is 6.19. The van der Waals surface area contributed by atoms with Gasteiger partial charge in [0.15, 0.2) is 0 Å². The van der Waals surface area contributed by atoms with Crippen molar-refractivity contribution in [1.29, 1.82) is 0 Å². The van der Waals surface area contributed by atoms with Crippen LogP contribution in [0.2, 0.25) is 20.1 Å². The molecule has 0 saturated heterocycles. The van der Waals surface area contributed by atoms with Crippen molar-refractivity contribution in [2.24, 2.45) is 0 Å². The topological polar surface area (TPSA) is 0 Å². The van der Waals surface area contributed by atoms with Gasteiger partial charge in [0.05, 0.1) is 0 Å². The van der Waals surface area contributed by atoms with Crippen molar-refractivity contribution in [1.82, 2.24) is 0 Å². The predicted molar refractivity (Wildman–Crippen MR) is 183 cm³/mol. The van der Waals surface area contributed by atoms with E-state index in [4.69, 9.17) is 84.3 Å². The highest BCUT2D eigenvalue weighted by molar-refractivity contribution is 7.86. The van der Waals surface area contributed by atoms with Crippen molar-refractivity contribution in [3.63, 3.8) is 0 Å². The maximum atomic E-state index is 7.21. The van der Waals surface area contributed by atoms with Crippen molar-refractivity contribution in [3.8, 4) is 0 Å². The maximum Gasteiger partial charge on any atom is 0.0459 e. The normalized spacial score (nSPS) is 22.4. The molecule has 2 aliphatic carbocycles. The number of thiol groups is 4. The molecule has 8 heteroatoms. The van der Waals surface area contributed by atoms with E-state index in [1.165, 1.54) is 12.8 Å². The smallest absolute Gasteiger partial charge is 0.0459 e. The standard InChI is InChI=1S/C30H38Cl4S4/c31-20-9-11-22(25(33)18-20)23(8-7-17-35)30(29(38)15-5-2-6-16-29,24-12-10-21(32)19-26(24)34)27(36)28(37)13-3-1-4-14-28/h9-12,18-19,23,27,35-38H,1-8,13-17H2. The van der Waals surface area contributed by atoms with Crippen molar-refractivity contribution in [2.75, 3.05) is 5.75 Å². The molecule has 0 nitrogen and oxygen atoms in total. The van der Waals surface area contributed by atoms with Gasteiger partial charge in [-0.15, -0.1) is 0 Å². The van der Waals surface area contributed by atoms with Crippen LogP contribution in [0.4, 0.5) is 0 Å². The predicted octanol–water partition coefficient (Wildman–Crippen LogP) is 11.6. The molecule has 4 rings (SSSR count). The molecule has 0 heterocycles. The highest BCUT2D eigenvalue weighted by Crippen LogP contribution is 2.65. The van der Waals surface area contributed by atoms with Crippen LogP contribution in [0.15, 0.2) is 36.4 Å². The highest BCUT2D eigenvalue weighted by atomic mass is 35.5. The zero-order valence-electron chi connectivity index (χ0n) is 21.6. The lowest BCUT2D eigenvalue weighted by Gasteiger charge is -2.61. The van der Waals surface area contributed by atoms with Crippen LogP contribution >= 0.6 is 96.9 Å². The molecule has 0 aliphatic heterocycles. The SMILES string of the molecule is SCCCC(c1ccc(Cl)cc1Cl)C(c1ccc(Cl)cc1Cl)(C(S)C1(S)CCCCC1)C1(S)CCCCC1. The first-order chi connectivity index (χ1) is 18.1. The van der Waals surface area contributed by atoms with Crippen LogP contribution in [-0.2, 0) is 5.41 Å². The molecular formula is C30H38Cl4S4. The minimum atomic E-state index is -0.583. The van der Waals surface area contributed by atoms with E-state index >= 15 is 0 Å². The van der Waals surface area contributed by atoms with Crippen LogP contribution in [-0.4, -0.2) is 20.5 Å².